The fraction of sp³-hybridized carbons (Fsp3) is 0.231. The third kappa shape index (κ3) is 3.74. The number of imide groups is 1. The number of nitrogens with zero attached hydrogens (tertiary/aromatic N) is 1. The van der Waals surface area contributed by atoms with Gasteiger partial charge in [-0.2, -0.15) is 0 Å². The lowest BCUT2D eigenvalue weighted by molar-refractivity contribution is -0.123. The van der Waals surface area contributed by atoms with Crippen LogP contribution in [-0.4, -0.2) is 22.7 Å². The van der Waals surface area contributed by atoms with E-state index in [4.69, 9.17) is 4.74 Å². The summed E-state index contributed by atoms with van der Waals surface area (Å²) in [7, 11) is 0. The molecule has 31 heavy (non-hydrogen) atoms. The zero-order chi connectivity index (χ0) is 21.4. The molecule has 3 aromatic carbocycles. The van der Waals surface area contributed by atoms with Crippen molar-refractivity contribution in [2.45, 2.75) is 32.7 Å². The number of amides is 2. The normalized spacial score (nSPS) is 17.1. The predicted octanol–water partition coefficient (Wildman–Crippen LogP) is 5.96. The van der Waals surface area contributed by atoms with Gasteiger partial charge in [-0.05, 0) is 83.6 Å². The number of rotatable bonds is 5. The molecule has 1 aliphatic heterocycles. The van der Waals surface area contributed by atoms with Crippen molar-refractivity contribution in [1.82, 2.24) is 4.90 Å². The molecule has 0 unspecified atom stereocenters. The summed E-state index contributed by atoms with van der Waals surface area (Å²) in [6.45, 7) is 2.78. The van der Waals surface area contributed by atoms with Crippen molar-refractivity contribution in [3.05, 3.63) is 81.8 Å². The molecular formula is C26H23NO3S. The maximum absolute atomic E-state index is 13.1. The summed E-state index contributed by atoms with van der Waals surface area (Å²) in [4.78, 5) is 27.6. The van der Waals surface area contributed by atoms with Crippen molar-refractivity contribution in [3.63, 3.8) is 0 Å². The van der Waals surface area contributed by atoms with E-state index in [-0.39, 0.29) is 17.7 Å². The molecule has 2 aliphatic rings. The molecule has 0 saturated carbocycles. The third-order valence-corrected chi connectivity index (χ3v) is 6.80. The molecule has 1 fully saturated rings. The summed E-state index contributed by atoms with van der Waals surface area (Å²) in [6, 6.07) is 18.2. The molecule has 0 atom stereocenters. The number of aryl methyl sites for hydroxylation is 2. The van der Waals surface area contributed by atoms with Crippen molar-refractivity contribution in [2.24, 2.45) is 0 Å². The lowest BCUT2D eigenvalue weighted by Crippen LogP contribution is -2.27. The summed E-state index contributed by atoms with van der Waals surface area (Å²) < 4.78 is 5.84. The summed E-state index contributed by atoms with van der Waals surface area (Å²) in [5, 5.41) is 1.93. The lowest BCUT2D eigenvalue weighted by atomic mass is 10.0. The van der Waals surface area contributed by atoms with Crippen molar-refractivity contribution >= 4 is 39.8 Å². The summed E-state index contributed by atoms with van der Waals surface area (Å²) >= 11 is 1.00. The predicted molar refractivity (Wildman–Crippen MR) is 125 cm³/mol. The fourth-order valence-corrected chi connectivity index (χ4v) is 5.22. The molecule has 3 aromatic rings. The summed E-state index contributed by atoms with van der Waals surface area (Å²) in [6.07, 6.45) is 5.08. The molecule has 0 bridgehead atoms. The van der Waals surface area contributed by atoms with E-state index in [0.29, 0.717) is 11.5 Å². The van der Waals surface area contributed by atoms with Crippen LogP contribution in [0.15, 0.2) is 59.5 Å². The second-order valence-electron chi connectivity index (χ2n) is 7.85. The Labute approximate surface area is 185 Å². The van der Waals surface area contributed by atoms with Crippen LogP contribution in [0.5, 0.6) is 5.75 Å². The van der Waals surface area contributed by atoms with E-state index in [1.165, 1.54) is 16.0 Å². The van der Waals surface area contributed by atoms with Crippen molar-refractivity contribution in [1.29, 1.82) is 0 Å². The molecule has 0 radical (unpaired) electrons. The minimum absolute atomic E-state index is 0.233. The van der Waals surface area contributed by atoms with Gasteiger partial charge in [0.05, 0.1) is 18.1 Å². The molecule has 4 nitrogen and oxygen atoms in total. The second-order valence-corrected chi connectivity index (χ2v) is 8.84. The molecule has 5 heteroatoms. The standard InChI is InChI=1S/C26H23NO3S/c1-2-30-23-14-19-10-6-9-18(19)13-21(23)15-24-25(28)27(26(29)31-24)16-20-11-5-8-17-7-3-4-12-22(17)20/h3-5,7-8,11-15H,2,6,9-10,16H2,1H3/b24-15+. The first kappa shape index (κ1) is 19.9. The minimum atomic E-state index is -0.245. The molecular weight excluding hydrogens is 406 g/mol. The largest absolute Gasteiger partial charge is 0.493 e. The van der Waals surface area contributed by atoms with Crippen LogP contribution < -0.4 is 4.74 Å². The van der Waals surface area contributed by atoms with Gasteiger partial charge in [-0.1, -0.05) is 42.5 Å². The highest BCUT2D eigenvalue weighted by Gasteiger charge is 2.35. The first-order chi connectivity index (χ1) is 15.1. The van der Waals surface area contributed by atoms with Crippen LogP contribution in [-0.2, 0) is 24.2 Å². The van der Waals surface area contributed by atoms with Gasteiger partial charge in [-0.25, -0.2) is 0 Å². The molecule has 0 aromatic heterocycles. The highest BCUT2D eigenvalue weighted by atomic mass is 32.2. The lowest BCUT2D eigenvalue weighted by Gasteiger charge is -2.14. The number of carbonyl (C=O) groups is 2. The zero-order valence-corrected chi connectivity index (χ0v) is 18.2. The number of hydrogen-bond acceptors (Lipinski definition) is 4. The summed E-state index contributed by atoms with van der Waals surface area (Å²) in [5.41, 5.74) is 4.47. The van der Waals surface area contributed by atoms with E-state index in [1.54, 1.807) is 0 Å². The molecule has 0 N–H and O–H groups in total. The van der Waals surface area contributed by atoms with Crippen LogP contribution in [0.4, 0.5) is 4.79 Å². The minimum Gasteiger partial charge on any atom is -0.493 e. The Bertz CT molecular complexity index is 1230. The smallest absolute Gasteiger partial charge is 0.293 e. The average molecular weight is 430 g/mol. The van der Waals surface area contributed by atoms with E-state index in [1.807, 2.05) is 55.5 Å². The van der Waals surface area contributed by atoms with E-state index in [2.05, 4.69) is 12.1 Å². The number of carbonyl (C=O) groups excluding carboxylic acids is 2. The molecule has 1 heterocycles. The molecule has 5 rings (SSSR count). The Morgan fingerprint density at radius 2 is 1.81 bits per heavy atom. The van der Waals surface area contributed by atoms with Crippen LogP contribution in [0.1, 0.15) is 35.6 Å². The van der Waals surface area contributed by atoms with Gasteiger partial charge in [0.15, 0.2) is 0 Å². The molecule has 1 aliphatic carbocycles. The van der Waals surface area contributed by atoms with E-state index < -0.39 is 0 Å². The van der Waals surface area contributed by atoms with Crippen molar-refractivity contribution in [3.8, 4) is 5.75 Å². The topological polar surface area (TPSA) is 46.6 Å². The van der Waals surface area contributed by atoms with Gasteiger partial charge in [0.25, 0.3) is 11.1 Å². The van der Waals surface area contributed by atoms with Gasteiger partial charge < -0.3 is 4.74 Å². The Balaban J connectivity index is 1.46. The maximum atomic E-state index is 13.1. The van der Waals surface area contributed by atoms with Gasteiger partial charge in [0.1, 0.15) is 5.75 Å². The fourth-order valence-electron chi connectivity index (χ4n) is 4.39. The monoisotopic (exact) mass is 429 g/mol. The quantitative estimate of drug-likeness (QED) is 0.469. The molecule has 0 spiro atoms. The highest BCUT2D eigenvalue weighted by Crippen LogP contribution is 2.37. The average Bonchev–Trinajstić information content (AvgIpc) is 3.33. The van der Waals surface area contributed by atoms with Gasteiger partial charge in [0.2, 0.25) is 0 Å². The van der Waals surface area contributed by atoms with Gasteiger partial charge in [0, 0.05) is 5.56 Å². The van der Waals surface area contributed by atoms with E-state index >= 15 is 0 Å². The van der Waals surface area contributed by atoms with Crippen LogP contribution in [0.2, 0.25) is 0 Å². The highest BCUT2D eigenvalue weighted by molar-refractivity contribution is 8.18. The number of hydrogen-bond donors (Lipinski definition) is 0. The van der Waals surface area contributed by atoms with Crippen LogP contribution in [0.25, 0.3) is 16.8 Å². The number of ether oxygens (including phenoxy) is 1. The van der Waals surface area contributed by atoms with Gasteiger partial charge in [-0.15, -0.1) is 0 Å². The Kier molecular flexibility index (Phi) is 5.28. The van der Waals surface area contributed by atoms with Crippen LogP contribution in [0.3, 0.4) is 0 Å². The molecule has 2 amide bonds. The number of fused-ring (bicyclic) bond motifs is 2. The van der Waals surface area contributed by atoms with Crippen molar-refractivity contribution < 1.29 is 14.3 Å². The number of thioether (sulfide) groups is 1. The van der Waals surface area contributed by atoms with Crippen LogP contribution in [0, 0.1) is 0 Å². The second kappa shape index (κ2) is 8.23. The first-order valence-electron chi connectivity index (χ1n) is 10.6. The third-order valence-electron chi connectivity index (χ3n) is 5.89. The van der Waals surface area contributed by atoms with Gasteiger partial charge >= 0.3 is 0 Å². The Morgan fingerprint density at radius 3 is 2.65 bits per heavy atom. The van der Waals surface area contributed by atoms with Crippen LogP contribution >= 0.6 is 11.8 Å². The Hall–Kier alpha value is -3.05. The summed E-state index contributed by atoms with van der Waals surface area (Å²) in [5.74, 6) is 0.537. The van der Waals surface area contributed by atoms with Gasteiger partial charge in [-0.3, -0.25) is 14.5 Å². The first-order valence-corrected chi connectivity index (χ1v) is 11.5. The number of benzene rings is 3. The Morgan fingerprint density at radius 1 is 1.03 bits per heavy atom. The SMILES string of the molecule is CCOc1cc2c(cc1/C=C1/SC(=O)N(Cc3cccc4ccccc34)C1=O)CCC2. The van der Waals surface area contributed by atoms with E-state index in [9.17, 15) is 9.59 Å². The molecule has 1 saturated heterocycles. The zero-order valence-electron chi connectivity index (χ0n) is 17.4. The van der Waals surface area contributed by atoms with E-state index in [0.717, 1.165) is 58.7 Å². The van der Waals surface area contributed by atoms with Crippen molar-refractivity contribution in [2.75, 3.05) is 6.61 Å². The maximum Gasteiger partial charge on any atom is 0.293 e. The molecule has 156 valence electrons.